The van der Waals surface area contributed by atoms with Crippen molar-refractivity contribution in [1.82, 2.24) is 5.32 Å². The molecule has 0 heterocycles. The Morgan fingerprint density at radius 3 is 2.50 bits per heavy atom. The van der Waals surface area contributed by atoms with E-state index in [-0.39, 0.29) is 10.9 Å². The zero-order valence-corrected chi connectivity index (χ0v) is 12.0. The van der Waals surface area contributed by atoms with Crippen molar-refractivity contribution in [2.45, 2.75) is 38.1 Å². The lowest BCUT2D eigenvalue weighted by molar-refractivity contribution is 0.497. The molecule has 0 aliphatic carbocycles. The van der Waals surface area contributed by atoms with Gasteiger partial charge in [0.2, 0.25) is 10.0 Å². The SMILES string of the molecule is CC(C)CCNC(C)c1cccc(S(N)(=O)=O)c1. The van der Waals surface area contributed by atoms with Crippen LogP contribution in [0, 0.1) is 5.92 Å². The van der Waals surface area contributed by atoms with Gasteiger partial charge in [-0.05, 0) is 43.5 Å². The Hall–Kier alpha value is -0.910. The van der Waals surface area contributed by atoms with E-state index in [0.29, 0.717) is 5.92 Å². The van der Waals surface area contributed by atoms with Crippen LogP contribution < -0.4 is 10.5 Å². The number of hydrogen-bond acceptors (Lipinski definition) is 3. The molecule has 1 aromatic rings. The second kappa shape index (κ2) is 6.31. The number of hydrogen-bond donors (Lipinski definition) is 2. The molecule has 1 unspecified atom stereocenters. The summed E-state index contributed by atoms with van der Waals surface area (Å²) < 4.78 is 22.5. The van der Waals surface area contributed by atoms with Gasteiger partial charge in [-0.25, -0.2) is 13.6 Å². The maximum atomic E-state index is 11.3. The van der Waals surface area contributed by atoms with Gasteiger partial charge in [0.25, 0.3) is 0 Å². The molecule has 0 saturated heterocycles. The van der Waals surface area contributed by atoms with Crippen molar-refractivity contribution >= 4 is 10.0 Å². The number of nitrogens with two attached hydrogens (primary N) is 1. The summed E-state index contributed by atoms with van der Waals surface area (Å²) in [6.45, 7) is 7.28. The fraction of sp³-hybridized carbons (Fsp3) is 0.538. The molecule has 0 radical (unpaired) electrons. The summed E-state index contributed by atoms with van der Waals surface area (Å²) >= 11 is 0. The van der Waals surface area contributed by atoms with E-state index in [1.807, 2.05) is 13.0 Å². The average molecular weight is 270 g/mol. The van der Waals surface area contributed by atoms with E-state index in [4.69, 9.17) is 5.14 Å². The van der Waals surface area contributed by atoms with E-state index in [1.54, 1.807) is 12.1 Å². The minimum atomic E-state index is -3.62. The molecule has 5 heteroatoms. The van der Waals surface area contributed by atoms with Gasteiger partial charge in [0.05, 0.1) is 4.90 Å². The molecule has 1 atom stereocenters. The van der Waals surface area contributed by atoms with Crippen molar-refractivity contribution in [3.63, 3.8) is 0 Å². The van der Waals surface area contributed by atoms with E-state index in [1.165, 1.54) is 6.07 Å². The van der Waals surface area contributed by atoms with Crippen LogP contribution in [0.15, 0.2) is 29.2 Å². The van der Waals surface area contributed by atoms with Gasteiger partial charge in [0.15, 0.2) is 0 Å². The van der Waals surface area contributed by atoms with Crippen LogP contribution in [0.5, 0.6) is 0 Å². The molecule has 0 aliphatic rings. The molecule has 102 valence electrons. The second-order valence-electron chi connectivity index (χ2n) is 4.98. The lowest BCUT2D eigenvalue weighted by atomic mass is 10.1. The summed E-state index contributed by atoms with van der Waals surface area (Å²) in [5.74, 6) is 0.653. The molecule has 0 aliphatic heterocycles. The Labute approximate surface area is 110 Å². The number of sulfonamides is 1. The highest BCUT2D eigenvalue weighted by Gasteiger charge is 2.11. The molecule has 0 fully saturated rings. The van der Waals surface area contributed by atoms with Gasteiger partial charge in [0.1, 0.15) is 0 Å². The maximum Gasteiger partial charge on any atom is 0.238 e. The van der Waals surface area contributed by atoms with E-state index >= 15 is 0 Å². The zero-order valence-electron chi connectivity index (χ0n) is 11.2. The minimum absolute atomic E-state index is 0.116. The quantitative estimate of drug-likeness (QED) is 0.830. The Morgan fingerprint density at radius 2 is 1.94 bits per heavy atom. The van der Waals surface area contributed by atoms with Gasteiger partial charge < -0.3 is 5.32 Å². The summed E-state index contributed by atoms with van der Waals surface area (Å²) in [4.78, 5) is 0.164. The third-order valence-corrected chi connectivity index (χ3v) is 3.77. The van der Waals surface area contributed by atoms with Crippen LogP contribution in [0.3, 0.4) is 0 Å². The monoisotopic (exact) mass is 270 g/mol. The van der Waals surface area contributed by atoms with Crippen LogP contribution in [0.4, 0.5) is 0 Å². The summed E-state index contributed by atoms with van der Waals surface area (Å²) in [7, 11) is -3.62. The van der Waals surface area contributed by atoms with Crippen LogP contribution in [0.1, 0.15) is 38.8 Å². The first-order chi connectivity index (χ1) is 8.30. The standard InChI is InChI=1S/C13H22N2O2S/c1-10(2)7-8-15-11(3)12-5-4-6-13(9-12)18(14,16)17/h4-6,9-11,15H,7-8H2,1-3H3,(H2,14,16,17). The highest BCUT2D eigenvalue weighted by molar-refractivity contribution is 7.89. The molecular formula is C13H22N2O2S. The van der Waals surface area contributed by atoms with Gasteiger partial charge in [-0.1, -0.05) is 26.0 Å². The van der Waals surface area contributed by atoms with Crippen molar-refractivity contribution in [1.29, 1.82) is 0 Å². The predicted octanol–water partition coefficient (Wildman–Crippen LogP) is 2.03. The Bertz CT molecular complexity index is 484. The van der Waals surface area contributed by atoms with Crippen LogP contribution in [-0.2, 0) is 10.0 Å². The largest absolute Gasteiger partial charge is 0.310 e. The minimum Gasteiger partial charge on any atom is -0.310 e. The molecule has 0 aromatic heterocycles. The number of rotatable bonds is 6. The third kappa shape index (κ3) is 4.76. The molecule has 1 aromatic carbocycles. The lowest BCUT2D eigenvalue weighted by Crippen LogP contribution is -2.21. The average Bonchev–Trinajstić information content (AvgIpc) is 2.27. The Morgan fingerprint density at radius 1 is 1.28 bits per heavy atom. The fourth-order valence-electron chi connectivity index (χ4n) is 1.67. The normalized spacial score (nSPS) is 13.8. The third-order valence-electron chi connectivity index (χ3n) is 2.86. The predicted molar refractivity (Wildman–Crippen MR) is 73.7 cm³/mol. The van der Waals surface area contributed by atoms with Gasteiger partial charge in [-0.2, -0.15) is 0 Å². The van der Waals surface area contributed by atoms with E-state index in [9.17, 15) is 8.42 Å². The molecule has 4 nitrogen and oxygen atoms in total. The van der Waals surface area contributed by atoms with Crippen LogP contribution in [-0.4, -0.2) is 15.0 Å². The highest BCUT2D eigenvalue weighted by Crippen LogP contribution is 2.16. The van der Waals surface area contributed by atoms with Gasteiger partial charge in [0, 0.05) is 6.04 Å². The summed E-state index contributed by atoms with van der Waals surface area (Å²) in [6.07, 6.45) is 1.10. The number of primary sulfonamides is 1. The molecule has 0 amide bonds. The molecule has 0 spiro atoms. The Kier molecular flexibility index (Phi) is 5.31. The van der Waals surface area contributed by atoms with Gasteiger partial charge in [-0.3, -0.25) is 0 Å². The summed E-state index contributed by atoms with van der Waals surface area (Å²) in [5.41, 5.74) is 0.935. The molecule has 0 bridgehead atoms. The van der Waals surface area contributed by atoms with Crippen LogP contribution in [0.2, 0.25) is 0 Å². The topological polar surface area (TPSA) is 72.2 Å². The number of nitrogens with one attached hydrogen (secondary N) is 1. The molecule has 0 saturated carbocycles. The Balaban J connectivity index is 2.72. The molecule has 1 rings (SSSR count). The summed E-state index contributed by atoms with van der Waals surface area (Å²) in [5, 5.41) is 8.49. The van der Waals surface area contributed by atoms with Crippen molar-refractivity contribution in [3.8, 4) is 0 Å². The van der Waals surface area contributed by atoms with Gasteiger partial charge >= 0.3 is 0 Å². The number of benzene rings is 1. The molecule has 3 N–H and O–H groups in total. The first kappa shape index (κ1) is 15.1. The van der Waals surface area contributed by atoms with E-state index in [2.05, 4.69) is 19.2 Å². The maximum absolute atomic E-state index is 11.3. The van der Waals surface area contributed by atoms with Crippen molar-refractivity contribution < 1.29 is 8.42 Å². The smallest absolute Gasteiger partial charge is 0.238 e. The second-order valence-corrected chi connectivity index (χ2v) is 6.54. The first-order valence-electron chi connectivity index (χ1n) is 6.17. The van der Waals surface area contributed by atoms with Crippen molar-refractivity contribution in [2.75, 3.05) is 6.54 Å². The lowest BCUT2D eigenvalue weighted by Gasteiger charge is -2.15. The van der Waals surface area contributed by atoms with Crippen molar-refractivity contribution in [3.05, 3.63) is 29.8 Å². The van der Waals surface area contributed by atoms with E-state index < -0.39 is 10.0 Å². The van der Waals surface area contributed by atoms with Gasteiger partial charge in [-0.15, -0.1) is 0 Å². The zero-order chi connectivity index (χ0) is 13.8. The highest BCUT2D eigenvalue weighted by atomic mass is 32.2. The first-order valence-corrected chi connectivity index (χ1v) is 7.71. The van der Waals surface area contributed by atoms with Crippen LogP contribution >= 0.6 is 0 Å². The fourth-order valence-corrected chi connectivity index (χ4v) is 2.24. The van der Waals surface area contributed by atoms with E-state index in [0.717, 1.165) is 18.5 Å². The molecule has 18 heavy (non-hydrogen) atoms. The van der Waals surface area contributed by atoms with Crippen LogP contribution in [0.25, 0.3) is 0 Å². The van der Waals surface area contributed by atoms with Crippen molar-refractivity contribution in [2.24, 2.45) is 11.1 Å². The molecular weight excluding hydrogens is 248 g/mol. The summed E-state index contributed by atoms with van der Waals surface area (Å²) in [6, 6.07) is 6.88.